The Balaban J connectivity index is 1.53. The van der Waals surface area contributed by atoms with Gasteiger partial charge in [-0.3, -0.25) is 4.90 Å². The molecule has 0 bridgehead atoms. The summed E-state index contributed by atoms with van der Waals surface area (Å²) in [6, 6.07) is 3.10. The van der Waals surface area contributed by atoms with E-state index in [-0.39, 0.29) is 5.54 Å². The molecule has 0 spiro atoms. The highest BCUT2D eigenvalue weighted by Crippen LogP contribution is 2.32. The first-order valence-corrected chi connectivity index (χ1v) is 8.73. The molecule has 0 unspecified atom stereocenters. The van der Waals surface area contributed by atoms with Gasteiger partial charge >= 0.3 is 0 Å². The Bertz CT molecular complexity index is 377. The fourth-order valence-corrected chi connectivity index (χ4v) is 3.98. The zero-order valence-electron chi connectivity index (χ0n) is 11.8. The van der Waals surface area contributed by atoms with Crippen molar-refractivity contribution in [1.29, 1.82) is 0 Å². The molecular weight excluding hydrogens is 252 g/mol. The van der Waals surface area contributed by atoms with E-state index in [4.69, 9.17) is 5.73 Å². The Hall–Kier alpha value is -0.380. The van der Waals surface area contributed by atoms with Crippen molar-refractivity contribution >= 4 is 11.3 Å². The maximum atomic E-state index is 6.58. The lowest BCUT2D eigenvalue weighted by Gasteiger charge is -2.35. The van der Waals surface area contributed by atoms with Crippen LogP contribution < -0.4 is 5.73 Å². The van der Waals surface area contributed by atoms with Gasteiger partial charge in [0.2, 0.25) is 0 Å². The summed E-state index contributed by atoms with van der Waals surface area (Å²) in [4.78, 5) is 2.67. The quantitative estimate of drug-likeness (QED) is 0.858. The van der Waals surface area contributed by atoms with E-state index in [0.717, 1.165) is 12.6 Å². The fraction of sp³-hybridized carbons (Fsp3) is 0.750. The van der Waals surface area contributed by atoms with Crippen molar-refractivity contribution in [3.05, 3.63) is 22.4 Å². The molecule has 0 atom stereocenters. The molecule has 2 aliphatic rings. The van der Waals surface area contributed by atoms with Crippen LogP contribution in [-0.4, -0.2) is 23.0 Å². The summed E-state index contributed by atoms with van der Waals surface area (Å²) in [7, 11) is 0. The molecule has 2 saturated carbocycles. The molecule has 0 amide bonds. The second-order valence-electron chi connectivity index (χ2n) is 6.51. The van der Waals surface area contributed by atoms with Crippen LogP contribution in [0.15, 0.2) is 16.8 Å². The van der Waals surface area contributed by atoms with Gasteiger partial charge in [-0.1, -0.05) is 19.3 Å². The average Bonchev–Trinajstić information content (AvgIpc) is 3.13. The minimum absolute atomic E-state index is 0.139. The molecule has 1 aromatic rings. The van der Waals surface area contributed by atoms with E-state index in [1.807, 2.05) is 11.3 Å². The zero-order chi connectivity index (χ0) is 13.1. The van der Waals surface area contributed by atoms with Crippen molar-refractivity contribution in [2.75, 3.05) is 6.54 Å². The summed E-state index contributed by atoms with van der Waals surface area (Å²) in [6.07, 6.45) is 10.5. The van der Waals surface area contributed by atoms with Gasteiger partial charge in [0.1, 0.15) is 0 Å². The van der Waals surface area contributed by atoms with Gasteiger partial charge in [-0.05, 0) is 54.5 Å². The summed E-state index contributed by atoms with van der Waals surface area (Å²) in [5, 5.41) is 4.47. The van der Waals surface area contributed by atoms with Crippen molar-refractivity contribution < 1.29 is 0 Å². The van der Waals surface area contributed by atoms with Gasteiger partial charge in [0, 0.05) is 24.7 Å². The van der Waals surface area contributed by atoms with Crippen LogP contribution in [0.4, 0.5) is 0 Å². The summed E-state index contributed by atoms with van der Waals surface area (Å²) >= 11 is 1.81. The first-order chi connectivity index (χ1) is 9.25. The lowest BCUT2D eigenvalue weighted by atomic mass is 9.80. The molecule has 2 aliphatic carbocycles. The summed E-state index contributed by atoms with van der Waals surface area (Å²) < 4.78 is 0. The minimum Gasteiger partial charge on any atom is -0.325 e. The molecule has 2 fully saturated rings. The topological polar surface area (TPSA) is 29.3 Å². The number of rotatable bonds is 6. The molecule has 0 radical (unpaired) electrons. The third-order valence-corrected chi connectivity index (χ3v) is 5.51. The van der Waals surface area contributed by atoms with E-state index in [9.17, 15) is 0 Å². The predicted octanol–water partition coefficient (Wildman–Crippen LogP) is 3.76. The second-order valence-corrected chi connectivity index (χ2v) is 7.29. The Kier molecular flexibility index (Phi) is 4.25. The van der Waals surface area contributed by atoms with Crippen molar-refractivity contribution in [2.24, 2.45) is 5.73 Å². The van der Waals surface area contributed by atoms with Crippen LogP contribution in [-0.2, 0) is 6.54 Å². The molecular formula is C16H26N2S. The normalized spacial score (nSPS) is 22.8. The van der Waals surface area contributed by atoms with Crippen molar-refractivity contribution in [1.82, 2.24) is 4.90 Å². The Morgan fingerprint density at radius 2 is 2.05 bits per heavy atom. The smallest absolute Gasteiger partial charge is 0.0244 e. The first-order valence-electron chi connectivity index (χ1n) is 7.79. The van der Waals surface area contributed by atoms with Crippen LogP contribution in [0.25, 0.3) is 0 Å². The SMILES string of the molecule is NC1(CCN(Cc2ccsc2)C2CC2)CCCCC1. The van der Waals surface area contributed by atoms with E-state index in [0.29, 0.717) is 0 Å². The molecule has 3 rings (SSSR count). The second kappa shape index (κ2) is 5.94. The molecule has 3 heteroatoms. The highest BCUT2D eigenvalue weighted by Gasteiger charge is 2.32. The summed E-state index contributed by atoms with van der Waals surface area (Å²) in [5.41, 5.74) is 8.19. The number of hydrogen-bond acceptors (Lipinski definition) is 3. The monoisotopic (exact) mass is 278 g/mol. The fourth-order valence-electron chi connectivity index (χ4n) is 3.32. The van der Waals surface area contributed by atoms with Crippen LogP contribution >= 0.6 is 11.3 Å². The maximum Gasteiger partial charge on any atom is 0.0244 e. The molecule has 1 heterocycles. The predicted molar refractivity (Wildman–Crippen MR) is 82.4 cm³/mol. The van der Waals surface area contributed by atoms with Crippen LogP contribution in [0.3, 0.4) is 0 Å². The molecule has 0 saturated heterocycles. The lowest BCUT2D eigenvalue weighted by Crippen LogP contribution is -2.44. The van der Waals surface area contributed by atoms with E-state index in [1.165, 1.54) is 63.5 Å². The average molecular weight is 278 g/mol. The van der Waals surface area contributed by atoms with Gasteiger partial charge in [0.05, 0.1) is 0 Å². The van der Waals surface area contributed by atoms with Crippen molar-refractivity contribution in [3.63, 3.8) is 0 Å². The third kappa shape index (κ3) is 3.80. The largest absolute Gasteiger partial charge is 0.325 e. The van der Waals surface area contributed by atoms with E-state index >= 15 is 0 Å². The number of nitrogens with two attached hydrogens (primary N) is 1. The van der Waals surface area contributed by atoms with Crippen LogP contribution in [0.2, 0.25) is 0 Å². The van der Waals surface area contributed by atoms with Crippen molar-refractivity contribution in [3.8, 4) is 0 Å². The molecule has 19 heavy (non-hydrogen) atoms. The number of thiophene rings is 1. The molecule has 0 aromatic carbocycles. The summed E-state index contributed by atoms with van der Waals surface area (Å²) in [5.74, 6) is 0. The van der Waals surface area contributed by atoms with E-state index < -0.39 is 0 Å². The molecule has 2 N–H and O–H groups in total. The van der Waals surface area contributed by atoms with Crippen LogP contribution in [0, 0.1) is 0 Å². The Morgan fingerprint density at radius 3 is 2.68 bits per heavy atom. The standard InChI is InChI=1S/C16H26N2S/c17-16(7-2-1-3-8-16)9-10-18(15-4-5-15)12-14-6-11-19-13-14/h6,11,13,15H,1-5,7-10,12,17H2. The van der Waals surface area contributed by atoms with Gasteiger partial charge in [-0.15, -0.1) is 0 Å². The molecule has 0 aliphatic heterocycles. The van der Waals surface area contributed by atoms with Gasteiger partial charge < -0.3 is 5.73 Å². The maximum absolute atomic E-state index is 6.58. The first kappa shape index (κ1) is 13.6. The van der Waals surface area contributed by atoms with E-state index in [1.54, 1.807) is 0 Å². The van der Waals surface area contributed by atoms with Gasteiger partial charge in [0.25, 0.3) is 0 Å². The molecule has 106 valence electrons. The molecule has 1 aromatic heterocycles. The molecule has 2 nitrogen and oxygen atoms in total. The van der Waals surface area contributed by atoms with Gasteiger partial charge in [-0.25, -0.2) is 0 Å². The van der Waals surface area contributed by atoms with Gasteiger partial charge in [-0.2, -0.15) is 11.3 Å². The minimum atomic E-state index is 0.139. The number of nitrogens with zero attached hydrogens (tertiary/aromatic N) is 1. The van der Waals surface area contributed by atoms with Crippen LogP contribution in [0.5, 0.6) is 0 Å². The Morgan fingerprint density at radius 1 is 1.26 bits per heavy atom. The van der Waals surface area contributed by atoms with E-state index in [2.05, 4.69) is 21.7 Å². The van der Waals surface area contributed by atoms with Crippen LogP contribution in [0.1, 0.15) is 56.9 Å². The van der Waals surface area contributed by atoms with Crippen molar-refractivity contribution in [2.45, 2.75) is 69.5 Å². The summed E-state index contributed by atoms with van der Waals surface area (Å²) in [6.45, 7) is 2.32. The zero-order valence-corrected chi connectivity index (χ0v) is 12.6. The lowest BCUT2D eigenvalue weighted by molar-refractivity contribution is 0.196. The van der Waals surface area contributed by atoms with Gasteiger partial charge in [0.15, 0.2) is 0 Å². The third-order valence-electron chi connectivity index (χ3n) is 4.78. The Labute approximate surface area is 121 Å². The highest BCUT2D eigenvalue weighted by atomic mass is 32.1. The number of hydrogen-bond donors (Lipinski definition) is 1. The highest BCUT2D eigenvalue weighted by molar-refractivity contribution is 7.07.